The number of hydrogen-bond acceptors (Lipinski definition) is 2. The second kappa shape index (κ2) is 8.95. The molecule has 0 unspecified atom stereocenters. The number of benzene rings is 1. The first-order chi connectivity index (χ1) is 12.2. The third kappa shape index (κ3) is 5.27. The van der Waals surface area contributed by atoms with Crippen molar-refractivity contribution in [3.63, 3.8) is 0 Å². The van der Waals surface area contributed by atoms with Gasteiger partial charge in [0.05, 0.1) is 0 Å². The summed E-state index contributed by atoms with van der Waals surface area (Å²) in [5.74, 6) is -2.06. The highest BCUT2D eigenvalue weighted by molar-refractivity contribution is 6.30. The summed E-state index contributed by atoms with van der Waals surface area (Å²) < 4.78 is 37.6. The Balaban J connectivity index is 2.05. The van der Waals surface area contributed by atoms with E-state index in [9.17, 15) is 22.8 Å². The highest BCUT2D eigenvalue weighted by atomic mass is 35.5. The molecule has 0 atom stereocenters. The van der Waals surface area contributed by atoms with Gasteiger partial charge >= 0.3 is 12.1 Å². The fraction of sp³-hybridized carbons (Fsp3) is 0.529. The first-order valence-electron chi connectivity index (χ1n) is 8.23. The third-order valence-electron chi connectivity index (χ3n) is 4.29. The van der Waals surface area contributed by atoms with Crippen LogP contribution in [0.15, 0.2) is 24.3 Å². The molecule has 4 nitrogen and oxygen atoms in total. The molecule has 144 valence electrons. The van der Waals surface area contributed by atoms with Crippen molar-refractivity contribution in [3.05, 3.63) is 29.3 Å². The first kappa shape index (κ1) is 20.8. The van der Waals surface area contributed by atoms with Crippen LogP contribution in [0.3, 0.4) is 0 Å². The van der Waals surface area contributed by atoms with Gasteiger partial charge in [0.25, 0.3) is 0 Å². The zero-order valence-corrected chi connectivity index (χ0v) is 15.4. The second-order valence-electron chi connectivity index (χ2n) is 6.07. The average Bonchev–Trinajstić information content (AvgIpc) is 2.62. The fourth-order valence-corrected chi connectivity index (χ4v) is 3.18. The van der Waals surface area contributed by atoms with Gasteiger partial charge in [-0.05, 0) is 43.5 Å². The number of alkyl halides is 4. The standard InChI is InChI=1S/C17H19Cl2F3N2O2/c18-8-1-9-24(14-4-2-13(19)3-5-14)15(25)12-6-10-23(11-7-12)16(26)17(20,21)22/h2-5,12H,1,6-11H2. The molecular weight excluding hydrogens is 392 g/mol. The number of rotatable bonds is 5. The summed E-state index contributed by atoms with van der Waals surface area (Å²) in [5, 5.41) is 0.539. The minimum atomic E-state index is -4.88. The lowest BCUT2D eigenvalue weighted by Gasteiger charge is -2.34. The summed E-state index contributed by atoms with van der Waals surface area (Å²) in [4.78, 5) is 26.5. The molecule has 0 N–H and O–H groups in total. The van der Waals surface area contributed by atoms with Crippen molar-refractivity contribution in [2.24, 2.45) is 5.92 Å². The van der Waals surface area contributed by atoms with Gasteiger partial charge < -0.3 is 9.80 Å². The van der Waals surface area contributed by atoms with Gasteiger partial charge in [0.15, 0.2) is 0 Å². The van der Waals surface area contributed by atoms with Crippen molar-refractivity contribution < 1.29 is 22.8 Å². The van der Waals surface area contributed by atoms with Crippen molar-refractivity contribution in [2.75, 3.05) is 30.4 Å². The quantitative estimate of drug-likeness (QED) is 0.685. The summed E-state index contributed by atoms with van der Waals surface area (Å²) >= 11 is 11.6. The molecule has 26 heavy (non-hydrogen) atoms. The number of amides is 2. The third-order valence-corrected chi connectivity index (χ3v) is 4.81. The Kier molecular flexibility index (Phi) is 7.17. The molecule has 2 rings (SSSR count). The SMILES string of the molecule is O=C(C1CCN(C(=O)C(F)(F)F)CC1)N(CCCCl)c1ccc(Cl)cc1. The van der Waals surface area contributed by atoms with E-state index in [1.807, 2.05) is 0 Å². The average molecular weight is 411 g/mol. The van der Waals surface area contributed by atoms with E-state index >= 15 is 0 Å². The predicted octanol–water partition coefficient (Wildman–Crippen LogP) is 4.10. The van der Waals surface area contributed by atoms with E-state index < -0.39 is 18.0 Å². The monoisotopic (exact) mass is 410 g/mol. The minimum absolute atomic E-state index is 0.0846. The number of hydrogen-bond donors (Lipinski definition) is 0. The van der Waals surface area contributed by atoms with E-state index in [0.29, 0.717) is 29.6 Å². The van der Waals surface area contributed by atoms with Crippen LogP contribution < -0.4 is 4.90 Å². The van der Waals surface area contributed by atoms with Crippen LogP contribution in [0.2, 0.25) is 5.02 Å². The Bertz CT molecular complexity index is 630. The molecule has 1 saturated heterocycles. The van der Waals surface area contributed by atoms with Gasteiger partial charge in [-0.2, -0.15) is 13.2 Å². The summed E-state index contributed by atoms with van der Waals surface area (Å²) in [6.07, 6.45) is -3.90. The van der Waals surface area contributed by atoms with Crippen LogP contribution in [-0.2, 0) is 9.59 Å². The maximum Gasteiger partial charge on any atom is 0.471 e. The summed E-state index contributed by atoms with van der Waals surface area (Å²) in [7, 11) is 0. The molecule has 1 fully saturated rings. The normalized spacial score (nSPS) is 15.8. The smallest absolute Gasteiger partial charge is 0.335 e. The lowest BCUT2D eigenvalue weighted by Crippen LogP contribution is -2.48. The van der Waals surface area contributed by atoms with Crippen molar-refractivity contribution in [1.82, 2.24) is 4.90 Å². The molecule has 0 aliphatic carbocycles. The van der Waals surface area contributed by atoms with Crippen molar-refractivity contribution in [2.45, 2.75) is 25.4 Å². The van der Waals surface area contributed by atoms with Crippen LogP contribution in [-0.4, -0.2) is 48.4 Å². The van der Waals surface area contributed by atoms with Crippen molar-refractivity contribution in [1.29, 1.82) is 0 Å². The number of nitrogens with zero attached hydrogens (tertiary/aromatic N) is 2. The van der Waals surface area contributed by atoms with E-state index in [4.69, 9.17) is 23.2 Å². The van der Waals surface area contributed by atoms with E-state index in [0.717, 1.165) is 4.90 Å². The molecule has 1 aromatic rings. The number of likely N-dealkylation sites (tertiary alicyclic amines) is 1. The Labute approximate surface area is 159 Å². The van der Waals surface area contributed by atoms with Gasteiger partial charge in [-0.25, -0.2) is 0 Å². The van der Waals surface area contributed by atoms with Gasteiger partial charge in [-0.3, -0.25) is 9.59 Å². The molecular formula is C17H19Cl2F3N2O2. The van der Waals surface area contributed by atoms with Gasteiger partial charge in [0, 0.05) is 42.1 Å². The molecule has 1 aromatic carbocycles. The maximum atomic E-state index is 12.9. The maximum absolute atomic E-state index is 12.9. The second-order valence-corrected chi connectivity index (χ2v) is 6.89. The largest absolute Gasteiger partial charge is 0.471 e. The summed E-state index contributed by atoms with van der Waals surface area (Å²) in [6, 6.07) is 6.78. The van der Waals surface area contributed by atoms with Crippen LogP contribution in [0.5, 0.6) is 0 Å². The van der Waals surface area contributed by atoms with Gasteiger partial charge in [-0.1, -0.05) is 11.6 Å². The van der Waals surface area contributed by atoms with E-state index in [2.05, 4.69) is 0 Å². The molecule has 0 radical (unpaired) electrons. The highest BCUT2D eigenvalue weighted by Crippen LogP contribution is 2.27. The van der Waals surface area contributed by atoms with Crippen LogP contribution in [0.4, 0.5) is 18.9 Å². The van der Waals surface area contributed by atoms with Gasteiger partial charge in [-0.15, -0.1) is 11.6 Å². The van der Waals surface area contributed by atoms with E-state index in [1.54, 1.807) is 29.2 Å². The Morgan fingerprint density at radius 2 is 1.73 bits per heavy atom. The first-order valence-corrected chi connectivity index (χ1v) is 9.14. The Hall–Kier alpha value is -1.47. The molecule has 0 bridgehead atoms. The molecule has 9 heteroatoms. The lowest BCUT2D eigenvalue weighted by atomic mass is 9.94. The predicted molar refractivity (Wildman–Crippen MR) is 94.5 cm³/mol. The Morgan fingerprint density at radius 3 is 2.23 bits per heavy atom. The zero-order chi connectivity index (χ0) is 19.3. The molecule has 1 heterocycles. The Morgan fingerprint density at radius 1 is 1.15 bits per heavy atom. The number of halogens is 5. The van der Waals surface area contributed by atoms with E-state index in [1.165, 1.54) is 0 Å². The topological polar surface area (TPSA) is 40.6 Å². The van der Waals surface area contributed by atoms with Crippen LogP contribution >= 0.6 is 23.2 Å². The number of anilines is 1. The van der Waals surface area contributed by atoms with Crippen molar-refractivity contribution in [3.8, 4) is 0 Å². The highest BCUT2D eigenvalue weighted by Gasteiger charge is 2.44. The number of piperidine rings is 1. The van der Waals surface area contributed by atoms with Crippen LogP contribution in [0.1, 0.15) is 19.3 Å². The van der Waals surface area contributed by atoms with Gasteiger partial charge in [0.1, 0.15) is 0 Å². The van der Waals surface area contributed by atoms with Crippen molar-refractivity contribution >= 4 is 40.7 Å². The molecule has 0 spiro atoms. The van der Waals surface area contributed by atoms with Crippen LogP contribution in [0.25, 0.3) is 0 Å². The number of carbonyl (C=O) groups excluding carboxylic acids is 2. The molecule has 0 aromatic heterocycles. The summed E-state index contributed by atoms with van der Waals surface area (Å²) in [6.45, 7) is 0.239. The fourth-order valence-electron chi connectivity index (χ4n) is 2.93. The molecule has 1 aliphatic heterocycles. The number of carbonyl (C=O) groups is 2. The molecule has 2 amide bonds. The molecule has 0 saturated carbocycles. The minimum Gasteiger partial charge on any atom is -0.335 e. The van der Waals surface area contributed by atoms with Gasteiger partial charge in [0.2, 0.25) is 5.91 Å². The zero-order valence-electron chi connectivity index (χ0n) is 13.9. The van der Waals surface area contributed by atoms with Crippen LogP contribution in [0, 0.1) is 5.92 Å². The summed E-state index contributed by atoms with van der Waals surface area (Å²) in [5.41, 5.74) is 0.665. The lowest BCUT2D eigenvalue weighted by molar-refractivity contribution is -0.186. The van der Waals surface area contributed by atoms with E-state index in [-0.39, 0.29) is 31.8 Å². The molecule has 1 aliphatic rings.